The van der Waals surface area contributed by atoms with Crippen LogP contribution in [0.5, 0.6) is 0 Å². The fourth-order valence-corrected chi connectivity index (χ4v) is 1.39. The van der Waals surface area contributed by atoms with Gasteiger partial charge in [0.05, 0.1) is 17.0 Å². The maximum absolute atomic E-state index is 11.6. The molecular formula is C10H9ClN2O2. The van der Waals surface area contributed by atoms with Crippen LogP contribution in [0.1, 0.15) is 16.2 Å². The molecule has 2 heterocycles. The predicted molar refractivity (Wildman–Crippen MR) is 55.0 cm³/mol. The third kappa shape index (κ3) is 2.10. The molecule has 2 aromatic heterocycles. The van der Waals surface area contributed by atoms with Crippen LogP contribution in [0.4, 0.5) is 0 Å². The highest BCUT2D eigenvalue weighted by Crippen LogP contribution is 2.12. The molecule has 0 spiro atoms. The van der Waals surface area contributed by atoms with Gasteiger partial charge in [0, 0.05) is 6.20 Å². The average molecular weight is 225 g/mol. The van der Waals surface area contributed by atoms with Gasteiger partial charge in [-0.25, -0.2) is 0 Å². The van der Waals surface area contributed by atoms with Crippen LogP contribution in [0.25, 0.3) is 0 Å². The van der Waals surface area contributed by atoms with E-state index in [1.54, 1.807) is 25.3 Å². The molecule has 0 aliphatic rings. The van der Waals surface area contributed by atoms with Gasteiger partial charge >= 0.3 is 0 Å². The summed E-state index contributed by atoms with van der Waals surface area (Å²) in [5.41, 5.74) is 0.712. The Morgan fingerprint density at radius 2 is 2.47 bits per heavy atom. The third-order valence-corrected chi connectivity index (χ3v) is 2.36. The van der Waals surface area contributed by atoms with E-state index in [0.29, 0.717) is 16.5 Å². The highest BCUT2D eigenvalue weighted by Gasteiger charge is 2.11. The Labute approximate surface area is 91.4 Å². The van der Waals surface area contributed by atoms with Crippen LogP contribution in [0.2, 0.25) is 5.02 Å². The first-order valence-corrected chi connectivity index (χ1v) is 4.81. The van der Waals surface area contributed by atoms with Gasteiger partial charge in [-0.1, -0.05) is 11.6 Å². The molecular weight excluding hydrogens is 216 g/mol. The Morgan fingerprint density at radius 1 is 1.67 bits per heavy atom. The smallest absolute Gasteiger partial charge is 0.219 e. The van der Waals surface area contributed by atoms with Crippen LogP contribution in [0.15, 0.2) is 29.0 Å². The molecule has 78 valence electrons. The molecule has 0 aliphatic heterocycles. The standard InChI is InChI=1S/C10H9ClN2O2/c1-7-8(11)5-13(12-7)6-9(14)10-3-2-4-15-10/h2-5H,6H2,1H3. The highest BCUT2D eigenvalue weighted by atomic mass is 35.5. The number of aryl methyl sites for hydroxylation is 1. The summed E-state index contributed by atoms with van der Waals surface area (Å²) in [4.78, 5) is 11.6. The van der Waals surface area contributed by atoms with Crippen LogP contribution < -0.4 is 0 Å². The number of halogens is 1. The lowest BCUT2D eigenvalue weighted by molar-refractivity contribution is 0.0940. The molecule has 0 aromatic carbocycles. The van der Waals surface area contributed by atoms with Crippen molar-refractivity contribution in [2.45, 2.75) is 13.5 Å². The minimum atomic E-state index is -0.126. The Morgan fingerprint density at radius 3 is 3.00 bits per heavy atom. The van der Waals surface area contributed by atoms with E-state index in [1.165, 1.54) is 10.9 Å². The van der Waals surface area contributed by atoms with E-state index in [2.05, 4.69) is 5.10 Å². The largest absolute Gasteiger partial charge is 0.461 e. The van der Waals surface area contributed by atoms with Gasteiger partial charge in [-0.15, -0.1) is 0 Å². The fraction of sp³-hybridized carbons (Fsp3) is 0.200. The molecule has 15 heavy (non-hydrogen) atoms. The molecule has 5 heteroatoms. The number of hydrogen-bond acceptors (Lipinski definition) is 3. The number of carbonyl (C=O) groups is 1. The predicted octanol–water partition coefficient (Wildman–Crippen LogP) is 2.32. The first-order chi connectivity index (χ1) is 7.16. The molecule has 0 N–H and O–H groups in total. The molecule has 4 nitrogen and oxygen atoms in total. The van der Waals surface area contributed by atoms with Crippen LogP contribution in [-0.4, -0.2) is 15.6 Å². The first kappa shape index (κ1) is 9.98. The van der Waals surface area contributed by atoms with Crippen molar-refractivity contribution in [3.05, 3.63) is 41.1 Å². The summed E-state index contributed by atoms with van der Waals surface area (Å²) in [6.07, 6.45) is 3.09. The summed E-state index contributed by atoms with van der Waals surface area (Å²) < 4.78 is 6.48. The maximum Gasteiger partial charge on any atom is 0.219 e. The Balaban J connectivity index is 2.13. The summed E-state index contributed by atoms with van der Waals surface area (Å²) >= 11 is 5.82. The second-order valence-electron chi connectivity index (χ2n) is 3.16. The number of rotatable bonds is 3. The van der Waals surface area contributed by atoms with E-state index in [1.807, 2.05) is 0 Å². The van der Waals surface area contributed by atoms with Crippen molar-refractivity contribution in [1.82, 2.24) is 9.78 Å². The van der Waals surface area contributed by atoms with Gasteiger partial charge in [-0.05, 0) is 19.1 Å². The summed E-state index contributed by atoms with van der Waals surface area (Å²) in [5.74, 6) is 0.207. The van der Waals surface area contributed by atoms with Crippen molar-refractivity contribution in [1.29, 1.82) is 0 Å². The number of carbonyl (C=O) groups excluding carboxylic acids is 1. The van der Waals surface area contributed by atoms with E-state index in [0.717, 1.165) is 0 Å². The van der Waals surface area contributed by atoms with Crippen LogP contribution >= 0.6 is 11.6 Å². The summed E-state index contributed by atoms with van der Waals surface area (Å²) in [7, 11) is 0. The Bertz CT molecular complexity index is 454. The zero-order valence-electron chi connectivity index (χ0n) is 8.11. The summed E-state index contributed by atoms with van der Waals surface area (Å²) in [6, 6.07) is 3.30. The number of nitrogens with zero attached hydrogens (tertiary/aromatic N) is 2. The van der Waals surface area contributed by atoms with Crippen LogP contribution in [-0.2, 0) is 6.54 Å². The van der Waals surface area contributed by atoms with Crippen LogP contribution in [0.3, 0.4) is 0 Å². The third-order valence-electron chi connectivity index (χ3n) is 1.99. The Kier molecular flexibility index (Phi) is 2.60. The number of furan rings is 1. The quantitative estimate of drug-likeness (QED) is 0.752. The first-order valence-electron chi connectivity index (χ1n) is 4.43. The summed E-state index contributed by atoms with van der Waals surface area (Å²) in [6.45, 7) is 1.93. The van der Waals surface area contributed by atoms with Gasteiger partial charge in [0.2, 0.25) is 5.78 Å². The SMILES string of the molecule is Cc1nn(CC(=O)c2ccco2)cc1Cl. The molecule has 0 saturated carbocycles. The number of Topliss-reactive ketones (excluding diaryl/α,β-unsaturated/α-hetero) is 1. The van der Waals surface area contributed by atoms with Gasteiger partial charge in [0.25, 0.3) is 0 Å². The monoisotopic (exact) mass is 224 g/mol. The van der Waals surface area contributed by atoms with E-state index in [-0.39, 0.29) is 12.3 Å². The lowest BCUT2D eigenvalue weighted by Gasteiger charge is -1.97. The van der Waals surface area contributed by atoms with Crippen molar-refractivity contribution >= 4 is 17.4 Å². The molecule has 0 fully saturated rings. The van der Waals surface area contributed by atoms with E-state index < -0.39 is 0 Å². The number of hydrogen-bond donors (Lipinski definition) is 0. The van der Waals surface area contributed by atoms with E-state index >= 15 is 0 Å². The summed E-state index contributed by atoms with van der Waals surface area (Å²) in [5, 5.41) is 4.64. The zero-order chi connectivity index (χ0) is 10.8. The van der Waals surface area contributed by atoms with Crippen LogP contribution in [0, 0.1) is 6.92 Å². The molecule has 0 amide bonds. The molecule has 0 atom stereocenters. The van der Waals surface area contributed by atoms with Gasteiger partial charge < -0.3 is 4.42 Å². The number of aromatic nitrogens is 2. The molecule has 2 aromatic rings. The highest BCUT2D eigenvalue weighted by molar-refractivity contribution is 6.31. The topological polar surface area (TPSA) is 48.0 Å². The zero-order valence-corrected chi connectivity index (χ0v) is 8.86. The average Bonchev–Trinajstić information content (AvgIpc) is 2.77. The molecule has 0 radical (unpaired) electrons. The van der Waals surface area contributed by atoms with Gasteiger partial charge in [0.1, 0.15) is 6.54 Å². The molecule has 0 aliphatic carbocycles. The second kappa shape index (κ2) is 3.90. The van der Waals surface area contributed by atoms with E-state index in [4.69, 9.17) is 16.0 Å². The second-order valence-corrected chi connectivity index (χ2v) is 3.57. The van der Waals surface area contributed by atoms with Gasteiger partial charge in [-0.3, -0.25) is 9.48 Å². The van der Waals surface area contributed by atoms with Crippen molar-refractivity contribution in [2.24, 2.45) is 0 Å². The lowest BCUT2D eigenvalue weighted by Crippen LogP contribution is -2.10. The maximum atomic E-state index is 11.6. The van der Waals surface area contributed by atoms with Gasteiger partial charge in [-0.2, -0.15) is 5.10 Å². The minimum Gasteiger partial charge on any atom is -0.461 e. The Hall–Kier alpha value is -1.55. The molecule has 0 unspecified atom stereocenters. The lowest BCUT2D eigenvalue weighted by atomic mass is 10.3. The molecule has 2 rings (SSSR count). The molecule has 0 saturated heterocycles. The van der Waals surface area contributed by atoms with Crippen molar-refractivity contribution < 1.29 is 9.21 Å². The van der Waals surface area contributed by atoms with Gasteiger partial charge in [0.15, 0.2) is 5.76 Å². The van der Waals surface area contributed by atoms with Crippen molar-refractivity contribution in [3.8, 4) is 0 Å². The number of ketones is 1. The molecule has 0 bridgehead atoms. The van der Waals surface area contributed by atoms with E-state index in [9.17, 15) is 4.79 Å². The van der Waals surface area contributed by atoms with Crippen molar-refractivity contribution in [2.75, 3.05) is 0 Å². The van der Waals surface area contributed by atoms with Crippen molar-refractivity contribution in [3.63, 3.8) is 0 Å². The fourth-order valence-electron chi connectivity index (χ4n) is 1.24. The minimum absolute atomic E-state index is 0.126. The normalized spacial score (nSPS) is 10.5.